The zero-order chi connectivity index (χ0) is 25.8. The SMILES string of the molecule is COP1(=O)N/C(=c2\c(=O)c3cccn3n(CCC(C)(C)C)c2=O)Nc2ccc(NS(C)(=O)=O)cc21. The summed E-state index contributed by atoms with van der Waals surface area (Å²) in [5.74, 6) is -0.0327. The molecular weight excluding hydrogens is 493 g/mol. The molecule has 4 rings (SSSR count). The molecule has 0 radical (unpaired) electrons. The number of fused-ring (bicyclic) bond motifs is 2. The molecule has 3 heterocycles. The van der Waals surface area contributed by atoms with Gasteiger partial charge in [0, 0.05) is 25.5 Å². The molecule has 0 amide bonds. The molecule has 0 fully saturated rings. The number of aryl methyl sites for hydroxylation is 1. The van der Waals surface area contributed by atoms with E-state index >= 15 is 0 Å². The van der Waals surface area contributed by atoms with E-state index in [2.05, 4.69) is 35.9 Å². The van der Waals surface area contributed by atoms with E-state index < -0.39 is 28.5 Å². The highest BCUT2D eigenvalue weighted by Crippen LogP contribution is 2.47. The van der Waals surface area contributed by atoms with E-state index in [1.807, 2.05) is 0 Å². The van der Waals surface area contributed by atoms with Gasteiger partial charge in [-0.3, -0.25) is 28.5 Å². The van der Waals surface area contributed by atoms with Gasteiger partial charge in [0.25, 0.3) is 5.56 Å². The lowest BCUT2D eigenvalue weighted by atomic mass is 9.92. The summed E-state index contributed by atoms with van der Waals surface area (Å²) in [7, 11) is -6.15. The van der Waals surface area contributed by atoms with Crippen LogP contribution in [0.3, 0.4) is 0 Å². The van der Waals surface area contributed by atoms with Gasteiger partial charge in [0.2, 0.25) is 15.5 Å². The number of nitrogens with zero attached hydrogens (tertiary/aromatic N) is 2. The first-order chi connectivity index (χ1) is 16.2. The summed E-state index contributed by atoms with van der Waals surface area (Å²) in [5, 5.41) is 5.68. The Morgan fingerprint density at radius 1 is 1.17 bits per heavy atom. The Balaban J connectivity index is 1.95. The highest BCUT2D eigenvalue weighted by atomic mass is 32.2. The minimum Gasteiger partial charge on any atom is -0.340 e. The Kier molecular flexibility index (Phi) is 6.11. The second kappa shape index (κ2) is 8.54. The van der Waals surface area contributed by atoms with Crippen LogP contribution >= 0.6 is 7.52 Å². The maximum absolute atomic E-state index is 13.7. The van der Waals surface area contributed by atoms with Gasteiger partial charge in [-0.15, -0.1) is 0 Å². The van der Waals surface area contributed by atoms with Crippen molar-refractivity contribution in [2.24, 2.45) is 5.41 Å². The molecule has 1 atom stereocenters. The Labute approximate surface area is 202 Å². The Morgan fingerprint density at radius 3 is 2.51 bits per heavy atom. The highest BCUT2D eigenvalue weighted by Gasteiger charge is 2.35. The Hall–Kier alpha value is -3.08. The summed E-state index contributed by atoms with van der Waals surface area (Å²) in [5.41, 5.74) is -0.303. The fourth-order valence-electron chi connectivity index (χ4n) is 3.88. The lowest BCUT2D eigenvalue weighted by Crippen LogP contribution is -2.52. The standard InChI is InChI=1S/C22H28N5O6PS/c1-22(2,3)10-12-27-21(29)18(19(28)16-7-6-11-26(16)27)20-23-15-9-8-14(25-35(5,31)32)13-17(15)34(30,24-20)33-4/h6-9,11,13,23,25H,10,12H2,1-5H3,(H,24,30)/b20-18+. The molecule has 0 bridgehead atoms. The molecule has 0 saturated heterocycles. The maximum atomic E-state index is 13.7. The number of hydrogen-bond acceptors (Lipinski definition) is 7. The summed E-state index contributed by atoms with van der Waals surface area (Å²) in [6.45, 7) is 6.55. The number of sulfonamides is 1. The molecule has 0 spiro atoms. The third-order valence-corrected chi connectivity index (χ3v) is 8.26. The van der Waals surface area contributed by atoms with Crippen molar-refractivity contribution in [1.82, 2.24) is 14.3 Å². The van der Waals surface area contributed by atoms with Crippen LogP contribution in [0.25, 0.3) is 11.3 Å². The topological polar surface area (TPSA) is 140 Å². The molecule has 1 aromatic carbocycles. The first kappa shape index (κ1) is 25.0. The number of aromatic nitrogens is 2. The van der Waals surface area contributed by atoms with Crippen molar-refractivity contribution in [2.75, 3.05) is 23.4 Å². The van der Waals surface area contributed by atoms with Crippen molar-refractivity contribution in [3.63, 3.8) is 0 Å². The zero-order valence-electron chi connectivity index (χ0n) is 20.1. The van der Waals surface area contributed by atoms with Crippen LogP contribution in [0, 0.1) is 5.41 Å². The number of hydrogen-bond donors (Lipinski definition) is 3. The summed E-state index contributed by atoms with van der Waals surface area (Å²) < 4.78 is 47.6. The molecule has 11 nitrogen and oxygen atoms in total. The minimum absolute atomic E-state index is 0.0327. The molecule has 1 unspecified atom stereocenters. The fraction of sp³-hybridized carbons (Fsp3) is 0.364. The van der Waals surface area contributed by atoms with Gasteiger partial charge in [-0.05, 0) is 42.2 Å². The van der Waals surface area contributed by atoms with Gasteiger partial charge in [0.15, 0.2) is 0 Å². The van der Waals surface area contributed by atoms with Gasteiger partial charge in [0.1, 0.15) is 16.6 Å². The average molecular weight is 522 g/mol. The van der Waals surface area contributed by atoms with E-state index in [1.54, 1.807) is 18.3 Å². The summed E-state index contributed by atoms with van der Waals surface area (Å²) >= 11 is 0. The van der Waals surface area contributed by atoms with Crippen molar-refractivity contribution in [3.8, 4) is 0 Å². The second-order valence-corrected chi connectivity index (χ2v) is 13.6. The number of rotatable bonds is 5. The number of nitrogens with one attached hydrogen (secondary N) is 3. The van der Waals surface area contributed by atoms with Crippen molar-refractivity contribution < 1.29 is 17.5 Å². The van der Waals surface area contributed by atoms with Gasteiger partial charge in [-0.2, -0.15) is 0 Å². The smallest absolute Gasteiger partial charge is 0.326 e. The molecule has 35 heavy (non-hydrogen) atoms. The van der Waals surface area contributed by atoms with Crippen LogP contribution in [0.5, 0.6) is 0 Å². The van der Waals surface area contributed by atoms with Crippen LogP contribution in [0.2, 0.25) is 0 Å². The van der Waals surface area contributed by atoms with Crippen LogP contribution < -0.4 is 36.6 Å². The van der Waals surface area contributed by atoms with Crippen LogP contribution in [0.4, 0.5) is 11.4 Å². The van der Waals surface area contributed by atoms with Crippen molar-refractivity contribution in [2.45, 2.75) is 33.7 Å². The van der Waals surface area contributed by atoms with Gasteiger partial charge in [0.05, 0.1) is 17.2 Å². The molecule has 13 heteroatoms. The van der Waals surface area contributed by atoms with Crippen LogP contribution in [-0.2, 0) is 25.7 Å². The second-order valence-electron chi connectivity index (χ2n) is 9.63. The molecule has 0 aliphatic carbocycles. The van der Waals surface area contributed by atoms with E-state index in [0.717, 1.165) is 6.26 Å². The van der Waals surface area contributed by atoms with E-state index in [0.29, 0.717) is 24.2 Å². The number of anilines is 2. The van der Waals surface area contributed by atoms with Crippen LogP contribution in [-0.4, -0.2) is 31.0 Å². The van der Waals surface area contributed by atoms with Gasteiger partial charge < -0.3 is 9.84 Å². The third kappa shape index (κ3) is 4.86. The van der Waals surface area contributed by atoms with E-state index in [1.165, 1.54) is 34.5 Å². The van der Waals surface area contributed by atoms with E-state index in [9.17, 15) is 22.6 Å². The predicted octanol–water partition coefficient (Wildman–Crippen LogP) is 1.23. The first-order valence-electron chi connectivity index (χ1n) is 10.8. The number of benzene rings is 1. The third-order valence-electron chi connectivity index (χ3n) is 5.61. The van der Waals surface area contributed by atoms with Crippen molar-refractivity contribution in [1.29, 1.82) is 0 Å². The van der Waals surface area contributed by atoms with Crippen molar-refractivity contribution >= 4 is 45.6 Å². The molecule has 3 aromatic rings. The van der Waals surface area contributed by atoms with Gasteiger partial charge >= 0.3 is 7.52 Å². The molecular formula is C22H28N5O6PS. The van der Waals surface area contributed by atoms with Crippen LogP contribution in [0.15, 0.2) is 46.1 Å². The molecule has 1 aliphatic heterocycles. The van der Waals surface area contributed by atoms with E-state index in [-0.39, 0.29) is 27.4 Å². The Morgan fingerprint density at radius 2 is 1.89 bits per heavy atom. The molecule has 3 N–H and O–H groups in total. The minimum atomic E-state index is -3.82. The maximum Gasteiger partial charge on any atom is 0.326 e. The van der Waals surface area contributed by atoms with Crippen LogP contribution in [0.1, 0.15) is 27.2 Å². The monoisotopic (exact) mass is 521 g/mol. The normalized spacial score (nSPS) is 19.7. The van der Waals surface area contributed by atoms with Gasteiger partial charge in [-0.25, -0.2) is 13.1 Å². The Bertz CT molecular complexity index is 1650. The molecule has 188 valence electrons. The summed E-state index contributed by atoms with van der Waals surface area (Å²) in [4.78, 5) is 26.9. The lowest BCUT2D eigenvalue weighted by Gasteiger charge is -2.29. The van der Waals surface area contributed by atoms with E-state index in [4.69, 9.17) is 4.52 Å². The summed E-state index contributed by atoms with van der Waals surface area (Å²) in [6, 6.07) is 7.67. The molecule has 1 aliphatic rings. The average Bonchev–Trinajstić information content (AvgIpc) is 3.22. The quantitative estimate of drug-likeness (QED) is 0.426. The van der Waals surface area contributed by atoms with Gasteiger partial charge in [-0.1, -0.05) is 20.8 Å². The predicted molar refractivity (Wildman–Crippen MR) is 137 cm³/mol. The lowest BCUT2D eigenvalue weighted by molar-refractivity contribution is 0.331. The first-order valence-corrected chi connectivity index (χ1v) is 14.4. The molecule has 0 saturated carbocycles. The highest BCUT2D eigenvalue weighted by molar-refractivity contribution is 7.92. The summed E-state index contributed by atoms with van der Waals surface area (Å²) in [6.07, 6.45) is 3.34. The zero-order valence-corrected chi connectivity index (χ0v) is 21.8. The molecule has 2 aromatic heterocycles. The largest absolute Gasteiger partial charge is 0.340 e. The fourth-order valence-corrected chi connectivity index (χ4v) is 6.06. The van der Waals surface area contributed by atoms with Crippen molar-refractivity contribution in [3.05, 3.63) is 62.3 Å².